The lowest BCUT2D eigenvalue weighted by atomic mass is 10.1. The highest BCUT2D eigenvalue weighted by molar-refractivity contribution is 14.1. The molecule has 0 aliphatic heterocycles. The third-order valence-electron chi connectivity index (χ3n) is 4.71. The van der Waals surface area contributed by atoms with Crippen LogP contribution in [-0.2, 0) is 6.61 Å². The Kier molecular flexibility index (Phi) is 9.49. The van der Waals surface area contributed by atoms with E-state index in [4.69, 9.17) is 14.6 Å². The SMILES string of the molecule is CCOc1cc(/C=N/NC(=O)Nc2ccc(Br)c(C)c2)cc(I)c1OCc1ccc(C(=O)O)cc1. The van der Waals surface area contributed by atoms with Gasteiger partial charge in [-0.1, -0.05) is 28.1 Å². The smallest absolute Gasteiger partial charge is 0.339 e. The van der Waals surface area contributed by atoms with E-state index in [-0.39, 0.29) is 12.2 Å². The first-order valence-electron chi connectivity index (χ1n) is 10.5. The molecule has 0 unspecified atom stereocenters. The minimum atomic E-state index is -0.974. The van der Waals surface area contributed by atoms with Crippen LogP contribution < -0.4 is 20.2 Å². The molecule has 35 heavy (non-hydrogen) atoms. The van der Waals surface area contributed by atoms with Crippen molar-refractivity contribution in [2.75, 3.05) is 11.9 Å². The number of carboxylic acid groups (broad SMARTS) is 1. The van der Waals surface area contributed by atoms with Crippen molar-refractivity contribution in [3.05, 3.63) is 84.9 Å². The van der Waals surface area contributed by atoms with Crippen molar-refractivity contribution in [1.82, 2.24) is 5.43 Å². The molecule has 0 saturated carbocycles. The average molecular weight is 652 g/mol. The molecule has 0 saturated heterocycles. The first-order valence-corrected chi connectivity index (χ1v) is 12.4. The van der Waals surface area contributed by atoms with Crippen LogP contribution in [-0.4, -0.2) is 29.9 Å². The van der Waals surface area contributed by atoms with Crippen molar-refractivity contribution in [2.24, 2.45) is 5.10 Å². The summed E-state index contributed by atoms with van der Waals surface area (Å²) in [6, 6.07) is 15.2. The highest BCUT2D eigenvalue weighted by Gasteiger charge is 2.13. The lowest BCUT2D eigenvalue weighted by Gasteiger charge is -2.15. The summed E-state index contributed by atoms with van der Waals surface area (Å²) in [5.41, 5.74) is 5.88. The maximum atomic E-state index is 12.1. The number of nitrogens with one attached hydrogen (secondary N) is 2. The maximum Gasteiger partial charge on any atom is 0.339 e. The van der Waals surface area contributed by atoms with Gasteiger partial charge in [-0.25, -0.2) is 15.0 Å². The van der Waals surface area contributed by atoms with E-state index in [0.717, 1.165) is 24.7 Å². The van der Waals surface area contributed by atoms with Crippen molar-refractivity contribution in [3.8, 4) is 11.5 Å². The fourth-order valence-electron chi connectivity index (χ4n) is 3.01. The van der Waals surface area contributed by atoms with Gasteiger partial charge in [-0.2, -0.15) is 5.10 Å². The molecule has 0 radical (unpaired) electrons. The highest BCUT2D eigenvalue weighted by Crippen LogP contribution is 2.34. The largest absolute Gasteiger partial charge is 0.490 e. The van der Waals surface area contributed by atoms with Crippen LogP contribution >= 0.6 is 38.5 Å². The van der Waals surface area contributed by atoms with E-state index in [1.54, 1.807) is 24.3 Å². The summed E-state index contributed by atoms with van der Waals surface area (Å²) in [5.74, 6) is 0.138. The fraction of sp³-hybridized carbons (Fsp3) is 0.160. The first kappa shape index (κ1) is 26.5. The first-order chi connectivity index (χ1) is 16.8. The van der Waals surface area contributed by atoms with Gasteiger partial charge in [0.05, 0.1) is 22.0 Å². The van der Waals surface area contributed by atoms with Crippen LogP contribution in [0.3, 0.4) is 0 Å². The van der Waals surface area contributed by atoms with Crippen LogP contribution in [0, 0.1) is 10.5 Å². The molecule has 0 fully saturated rings. The minimum Gasteiger partial charge on any atom is -0.490 e. The Bertz CT molecular complexity index is 1250. The number of hydrazone groups is 1. The summed E-state index contributed by atoms with van der Waals surface area (Å²) >= 11 is 5.57. The van der Waals surface area contributed by atoms with Gasteiger partial charge < -0.3 is 19.9 Å². The van der Waals surface area contributed by atoms with Gasteiger partial charge in [-0.05, 0) is 95.6 Å². The topological polar surface area (TPSA) is 109 Å². The zero-order valence-corrected chi connectivity index (χ0v) is 22.7. The van der Waals surface area contributed by atoms with Gasteiger partial charge in [0.2, 0.25) is 0 Å². The number of amides is 2. The van der Waals surface area contributed by atoms with Crippen molar-refractivity contribution in [3.63, 3.8) is 0 Å². The number of urea groups is 1. The van der Waals surface area contributed by atoms with Crippen LogP contribution in [0.4, 0.5) is 10.5 Å². The van der Waals surface area contributed by atoms with Crippen LogP contribution in [0.2, 0.25) is 0 Å². The second kappa shape index (κ2) is 12.5. The van der Waals surface area contributed by atoms with E-state index >= 15 is 0 Å². The third kappa shape index (κ3) is 7.69. The number of carboxylic acids is 1. The van der Waals surface area contributed by atoms with Crippen LogP contribution in [0.25, 0.3) is 0 Å². The molecule has 0 aliphatic carbocycles. The van der Waals surface area contributed by atoms with Gasteiger partial charge in [0.1, 0.15) is 6.61 Å². The number of anilines is 1. The van der Waals surface area contributed by atoms with Crippen molar-refractivity contribution >= 4 is 62.4 Å². The number of rotatable bonds is 9. The quantitative estimate of drug-likeness (QED) is 0.145. The zero-order valence-electron chi connectivity index (χ0n) is 19.0. The van der Waals surface area contributed by atoms with E-state index in [2.05, 4.69) is 54.4 Å². The average Bonchev–Trinajstić information content (AvgIpc) is 2.81. The molecule has 3 aromatic carbocycles. The number of hydrogen-bond acceptors (Lipinski definition) is 5. The Balaban J connectivity index is 1.65. The molecule has 3 N–H and O–H groups in total. The van der Waals surface area contributed by atoms with Crippen molar-refractivity contribution in [1.29, 1.82) is 0 Å². The number of benzene rings is 3. The van der Waals surface area contributed by atoms with Gasteiger partial charge in [0, 0.05) is 10.2 Å². The molecule has 8 nitrogen and oxygen atoms in total. The number of hydrogen-bond donors (Lipinski definition) is 3. The maximum absolute atomic E-state index is 12.1. The van der Waals surface area contributed by atoms with Gasteiger partial charge in [-0.3, -0.25) is 0 Å². The number of aryl methyl sites for hydroxylation is 1. The molecule has 182 valence electrons. The Morgan fingerprint density at radius 3 is 2.51 bits per heavy atom. The molecule has 0 aromatic heterocycles. The van der Waals surface area contributed by atoms with E-state index in [1.165, 1.54) is 18.3 Å². The standard InChI is InChI=1S/C25H23BrIN3O5/c1-3-34-22-12-17(13-28-30-25(33)29-19-8-9-20(26)15(2)10-19)11-21(27)23(22)35-14-16-4-6-18(7-5-16)24(31)32/h4-13H,3,14H2,1-2H3,(H,31,32)(H2,29,30,33)/b28-13+. The van der Waals surface area contributed by atoms with Crippen LogP contribution in [0.1, 0.15) is 34.0 Å². The molecule has 3 aromatic rings. The zero-order chi connectivity index (χ0) is 25.4. The molecule has 10 heteroatoms. The minimum absolute atomic E-state index is 0.219. The second-order valence-corrected chi connectivity index (χ2v) is 9.36. The summed E-state index contributed by atoms with van der Waals surface area (Å²) in [6.07, 6.45) is 1.52. The van der Waals surface area contributed by atoms with Gasteiger partial charge in [-0.15, -0.1) is 0 Å². The normalized spacial score (nSPS) is 10.7. The van der Waals surface area contributed by atoms with Gasteiger partial charge in [0.25, 0.3) is 0 Å². The molecule has 3 rings (SSSR count). The number of carbonyl (C=O) groups excluding carboxylic acids is 1. The van der Waals surface area contributed by atoms with E-state index < -0.39 is 12.0 Å². The van der Waals surface area contributed by atoms with E-state index in [0.29, 0.717) is 23.8 Å². The Hall–Kier alpha value is -3.12. The van der Waals surface area contributed by atoms with Crippen molar-refractivity contribution < 1.29 is 24.2 Å². The summed E-state index contributed by atoms with van der Waals surface area (Å²) in [7, 11) is 0. The number of ether oxygens (including phenoxy) is 2. The molecule has 0 atom stereocenters. The third-order valence-corrected chi connectivity index (χ3v) is 6.40. The number of nitrogens with zero attached hydrogens (tertiary/aromatic N) is 1. The Morgan fingerprint density at radius 2 is 1.86 bits per heavy atom. The summed E-state index contributed by atoms with van der Waals surface area (Å²) in [6.45, 7) is 4.50. The lowest BCUT2D eigenvalue weighted by Crippen LogP contribution is -2.24. The number of aromatic carboxylic acids is 1. The van der Waals surface area contributed by atoms with E-state index in [9.17, 15) is 9.59 Å². The molecule has 0 spiro atoms. The summed E-state index contributed by atoms with van der Waals surface area (Å²) in [5, 5.41) is 15.8. The Labute approximate surface area is 225 Å². The van der Waals surface area contributed by atoms with Crippen LogP contribution in [0.5, 0.6) is 11.5 Å². The number of carbonyl (C=O) groups is 2. The van der Waals surface area contributed by atoms with Gasteiger partial charge >= 0.3 is 12.0 Å². The molecule has 0 heterocycles. The molecular weight excluding hydrogens is 629 g/mol. The fourth-order valence-corrected chi connectivity index (χ4v) is 4.04. The predicted molar refractivity (Wildman–Crippen MR) is 147 cm³/mol. The van der Waals surface area contributed by atoms with Crippen molar-refractivity contribution in [2.45, 2.75) is 20.5 Å². The molecular formula is C25H23BrIN3O5. The predicted octanol–water partition coefficient (Wildman–Crippen LogP) is 6.19. The summed E-state index contributed by atoms with van der Waals surface area (Å²) in [4.78, 5) is 23.2. The van der Waals surface area contributed by atoms with E-state index in [1.807, 2.05) is 32.0 Å². The molecule has 0 bridgehead atoms. The summed E-state index contributed by atoms with van der Waals surface area (Å²) < 4.78 is 13.5. The molecule has 2 amide bonds. The van der Waals surface area contributed by atoms with Gasteiger partial charge in [0.15, 0.2) is 11.5 Å². The van der Waals surface area contributed by atoms with Crippen LogP contribution in [0.15, 0.2) is 64.2 Å². The highest BCUT2D eigenvalue weighted by atomic mass is 127. The number of halogens is 2. The lowest BCUT2D eigenvalue weighted by molar-refractivity contribution is 0.0696. The molecule has 0 aliphatic rings. The Morgan fingerprint density at radius 1 is 1.11 bits per heavy atom. The monoisotopic (exact) mass is 651 g/mol. The second-order valence-electron chi connectivity index (χ2n) is 7.34.